The molecule has 0 aromatic carbocycles. The topological polar surface area (TPSA) is 68.0 Å². The predicted molar refractivity (Wildman–Crippen MR) is 94.2 cm³/mol. The Hall–Kier alpha value is -1.95. The second-order valence-electron chi connectivity index (χ2n) is 6.49. The number of carbonyl (C=O) groups is 1. The second-order valence-corrected chi connectivity index (χ2v) is 7.60. The lowest BCUT2D eigenvalue weighted by Gasteiger charge is -2.13. The smallest absolute Gasteiger partial charge is 0.261 e. The Kier molecular flexibility index (Phi) is 4.22. The van der Waals surface area contributed by atoms with E-state index in [0.29, 0.717) is 11.7 Å². The third-order valence-electron chi connectivity index (χ3n) is 4.72. The summed E-state index contributed by atoms with van der Waals surface area (Å²) in [6, 6.07) is 0. The number of thiophene rings is 1. The summed E-state index contributed by atoms with van der Waals surface area (Å²) < 4.78 is 5.42. The van der Waals surface area contributed by atoms with Gasteiger partial charge in [0, 0.05) is 10.5 Å². The molecule has 0 unspecified atom stereocenters. The molecule has 126 valence electrons. The summed E-state index contributed by atoms with van der Waals surface area (Å²) in [6.45, 7) is 1.82. The Morgan fingerprint density at radius 2 is 2.04 bits per heavy atom. The fourth-order valence-electron chi connectivity index (χ4n) is 3.51. The Balaban J connectivity index is 1.70. The van der Waals surface area contributed by atoms with Gasteiger partial charge in [-0.05, 0) is 63.9 Å². The lowest BCUT2D eigenvalue weighted by Crippen LogP contribution is -2.15. The van der Waals surface area contributed by atoms with Gasteiger partial charge in [-0.1, -0.05) is 11.2 Å². The van der Waals surface area contributed by atoms with E-state index in [9.17, 15) is 4.79 Å². The maximum atomic E-state index is 12.6. The van der Waals surface area contributed by atoms with Crippen LogP contribution in [-0.2, 0) is 17.6 Å². The van der Waals surface area contributed by atoms with Crippen LogP contribution in [0.4, 0.5) is 5.00 Å². The third kappa shape index (κ3) is 2.90. The van der Waals surface area contributed by atoms with Crippen molar-refractivity contribution in [2.45, 2.75) is 58.3 Å². The maximum absolute atomic E-state index is 12.6. The molecule has 0 atom stereocenters. The quantitative estimate of drug-likeness (QED) is 0.895. The Morgan fingerprint density at radius 1 is 1.21 bits per heavy atom. The first-order valence-electron chi connectivity index (χ1n) is 8.68. The Labute approximate surface area is 145 Å². The molecule has 1 amide bonds. The van der Waals surface area contributed by atoms with E-state index in [4.69, 9.17) is 4.52 Å². The van der Waals surface area contributed by atoms with E-state index >= 15 is 0 Å². The molecule has 0 bridgehead atoms. The number of fused-ring (bicyclic) bond motifs is 1. The molecule has 2 aliphatic carbocycles. The number of aromatic nitrogens is 2. The minimum Gasteiger partial charge on any atom is -0.334 e. The van der Waals surface area contributed by atoms with Gasteiger partial charge in [0.05, 0.1) is 5.56 Å². The van der Waals surface area contributed by atoms with Crippen molar-refractivity contribution in [2.24, 2.45) is 0 Å². The van der Waals surface area contributed by atoms with Gasteiger partial charge in [0.1, 0.15) is 5.00 Å². The molecule has 0 saturated carbocycles. The lowest BCUT2D eigenvalue weighted by atomic mass is 9.95. The average Bonchev–Trinajstić information content (AvgIpc) is 3.18. The number of amides is 1. The van der Waals surface area contributed by atoms with Crippen LogP contribution in [0.2, 0.25) is 0 Å². The van der Waals surface area contributed by atoms with Gasteiger partial charge in [-0.2, -0.15) is 4.98 Å². The second kappa shape index (κ2) is 6.51. The molecule has 1 N–H and O–H groups in total. The summed E-state index contributed by atoms with van der Waals surface area (Å²) >= 11 is 1.67. The van der Waals surface area contributed by atoms with E-state index in [1.807, 2.05) is 6.92 Å². The van der Waals surface area contributed by atoms with Crippen LogP contribution in [0.5, 0.6) is 0 Å². The van der Waals surface area contributed by atoms with Crippen molar-refractivity contribution in [1.29, 1.82) is 0 Å². The van der Waals surface area contributed by atoms with Gasteiger partial charge in [0.2, 0.25) is 0 Å². The summed E-state index contributed by atoms with van der Waals surface area (Å²) in [5.74, 6) is 1.17. The minimum absolute atomic E-state index is 0.0192. The molecule has 2 aliphatic rings. The van der Waals surface area contributed by atoms with Crippen LogP contribution in [-0.4, -0.2) is 16.0 Å². The molecule has 2 aromatic heterocycles. The zero-order valence-corrected chi connectivity index (χ0v) is 14.7. The van der Waals surface area contributed by atoms with E-state index in [1.54, 1.807) is 11.3 Å². The number of carbonyl (C=O) groups excluding carboxylic acids is 1. The van der Waals surface area contributed by atoms with Gasteiger partial charge < -0.3 is 9.84 Å². The van der Waals surface area contributed by atoms with Gasteiger partial charge >= 0.3 is 0 Å². The van der Waals surface area contributed by atoms with E-state index in [2.05, 4.69) is 21.5 Å². The fraction of sp³-hybridized carbons (Fsp3) is 0.500. The summed E-state index contributed by atoms with van der Waals surface area (Å²) in [7, 11) is 0. The molecule has 0 aliphatic heterocycles. The highest BCUT2D eigenvalue weighted by Crippen LogP contribution is 2.43. The molecule has 24 heavy (non-hydrogen) atoms. The highest BCUT2D eigenvalue weighted by Gasteiger charge is 2.27. The summed E-state index contributed by atoms with van der Waals surface area (Å²) in [5.41, 5.74) is 3.13. The monoisotopic (exact) mass is 343 g/mol. The first kappa shape index (κ1) is 15.6. The summed E-state index contributed by atoms with van der Waals surface area (Å²) in [5, 5.41) is 7.92. The summed E-state index contributed by atoms with van der Waals surface area (Å²) in [6.07, 6.45) is 10.7. The van der Waals surface area contributed by atoms with Crippen molar-refractivity contribution in [3.63, 3.8) is 0 Å². The predicted octanol–water partition coefficient (Wildman–Crippen LogP) is 4.42. The van der Waals surface area contributed by atoms with E-state index in [-0.39, 0.29) is 5.91 Å². The largest absolute Gasteiger partial charge is 0.334 e. The Bertz CT molecular complexity index is 803. The molecule has 5 nitrogen and oxygen atoms in total. The first-order chi connectivity index (χ1) is 11.7. The molecule has 6 heteroatoms. The zero-order chi connectivity index (χ0) is 16.5. The maximum Gasteiger partial charge on any atom is 0.261 e. The van der Waals surface area contributed by atoms with Gasteiger partial charge in [0.25, 0.3) is 11.8 Å². The average molecular weight is 343 g/mol. The van der Waals surface area contributed by atoms with E-state index in [1.165, 1.54) is 29.7 Å². The van der Waals surface area contributed by atoms with Gasteiger partial charge in [-0.3, -0.25) is 4.79 Å². The van der Waals surface area contributed by atoms with Crippen LogP contribution >= 0.6 is 11.3 Å². The fourth-order valence-corrected chi connectivity index (χ4v) is 4.78. The van der Waals surface area contributed by atoms with Gasteiger partial charge in [0.15, 0.2) is 5.82 Å². The number of hydrogen-bond donors (Lipinski definition) is 1. The van der Waals surface area contributed by atoms with Crippen LogP contribution in [0.25, 0.3) is 11.5 Å². The normalized spacial score (nSPS) is 17.3. The highest BCUT2D eigenvalue weighted by atomic mass is 32.1. The van der Waals surface area contributed by atoms with Gasteiger partial charge in [-0.15, -0.1) is 11.3 Å². The van der Waals surface area contributed by atoms with Crippen LogP contribution in [0.3, 0.4) is 0 Å². The minimum atomic E-state index is 0.0192. The number of nitrogens with one attached hydrogen (secondary N) is 1. The SMILES string of the molecule is Cc1noc(-c2c(NC(=O)C3=CCCCC3)sc3c2CCCC3)n1. The summed E-state index contributed by atoms with van der Waals surface area (Å²) in [4.78, 5) is 18.4. The van der Waals surface area contributed by atoms with Crippen molar-refractivity contribution < 1.29 is 9.32 Å². The van der Waals surface area contributed by atoms with Crippen LogP contribution in [0.15, 0.2) is 16.2 Å². The van der Waals surface area contributed by atoms with Crippen molar-refractivity contribution in [3.8, 4) is 11.5 Å². The van der Waals surface area contributed by atoms with Crippen molar-refractivity contribution in [3.05, 3.63) is 27.9 Å². The number of allylic oxidation sites excluding steroid dienone is 1. The molecule has 0 radical (unpaired) electrons. The molecule has 2 aromatic rings. The Morgan fingerprint density at radius 3 is 2.79 bits per heavy atom. The molecule has 0 spiro atoms. The number of aryl methyl sites for hydroxylation is 2. The molecular weight excluding hydrogens is 322 g/mol. The molecule has 0 fully saturated rings. The van der Waals surface area contributed by atoms with Gasteiger partial charge in [-0.25, -0.2) is 0 Å². The van der Waals surface area contributed by atoms with Crippen LogP contribution in [0, 0.1) is 6.92 Å². The van der Waals surface area contributed by atoms with Crippen LogP contribution in [0.1, 0.15) is 54.8 Å². The first-order valence-corrected chi connectivity index (χ1v) is 9.49. The van der Waals surface area contributed by atoms with E-state index in [0.717, 1.165) is 48.2 Å². The standard InChI is InChI=1S/C18H21N3O2S/c1-11-19-17(23-21-11)15-13-9-5-6-10-14(13)24-18(15)20-16(22)12-7-3-2-4-8-12/h7H,2-6,8-10H2,1H3,(H,20,22). The van der Waals surface area contributed by atoms with E-state index < -0.39 is 0 Å². The number of anilines is 1. The molecular formula is C18H21N3O2S. The number of nitrogens with zero attached hydrogens (tertiary/aromatic N) is 2. The molecule has 4 rings (SSSR count). The highest BCUT2D eigenvalue weighted by molar-refractivity contribution is 7.17. The van der Waals surface area contributed by atoms with Crippen molar-refractivity contribution in [1.82, 2.24) is 10.1 Å². The van der Waals surface area contributed by atoms with Crippen LogP contribution < -0.4 is 5.32 Å². The number of hydrogen-bond acceptors (Lipinski definition) is 5. The molecule has 0 saturated heterocycles. The number of rotatable bonds is 3. The third-order valence-corrected chi connectivity index (χ3v) is 5.93. The zero-order valence-electron chi connectivity index (χ0n) is 13.9. The molecule has 2 heterocycles. The van der Waals surface area contributed by atoms with Crippen molar-refractivity contribution in [2.75, 3.05) is 5.32 Å². The lowest BCUT2D eigenvalue weighted by molar-refractivity contribution is -0.113. The van der Waals surface area contributed by atoms with Crippen molar-refractivity contribution >= 4 is 22.2 Å².